The Hall–Kier alpha value is -3.02. The SMILES string of the molecule is CCOc1cccc(NC(=O)N2CCN(C(=O)c3ccccc3)CC2)c1. The van der Waals surface area contributed by atoms with Gasteiger partial charge in [-0.05, 0) is 31.2 Å². The monoisotopic (exact) mass is 353 g/mol. The molecule has 0 bridgehead atoms. The Balaban J connectivity index is 1.54. The van der Waals surface area contributed by atoms with Crippen LogP contribution < -0.4 is 10.1 Å². The highest BCUT2D eigenvalue weighted by Gasteiger charge is 2.24. The lowest BCUT2D eigenvalue weighted by Gasteiger charge is -2.34. The summed E-state index contributed by atoms with van der Waals surface area (Å²) in [4.78, 5) is 28.4. The molecule has 0 atom stereocenters. The molecule has 2 aromatic carbocycles. The van der Waals surface area contributed by atoms with Crippen molar-refractivity contribution in [3.63, 3.8) is 0 Å². The number of anilines is 1. The van der Waals surface area contributed by atoms with Crippen LogP contribution in [0.1, 0.15) is 17.3 Å². The summed E-state index contributed by atoms with van der Waals surface area (Å²) in [6, 6.07) is 16.4. The molecule has 0 unspecified atom stereocenters. The maximum atomic E-state index is 12.5. The molecule has 0 saturated carbocycles. The fraction of sp³-hybridized carbons (Fsp3) is 0.300. The van der Waals surface area contributed by atoms with Gasteiger partial charge in [-0.15, -0.1) is 0 Å². The molecule has 6 heteroatoms. The summed E-state index contributed by atoms with van der Waals surface area (Å²) in [5.74, 6) is 0.735. The molecule has 2 aromatic rings. The molecule has 3 amide bonds. The van der Waals surface area contributed by atoms with E-state index in [0.29, 0.717) is 44.0 Å². The lowest BCUT2D eigenvalue weighted by atomic mass is 10.2. The quantitative estimate of drug-likeness (QED) is 0.919. The second-order valence-electron chi connectivity index (χ2n) is 6.04. The van der Waals surface area contributed by atoms with Crippen LogP contribution in [0, 0.1) is 0 Å². The van der Waals surface area contributed by atoms with Crippen LogP contribution in [-0.4, -0.2) is 54.5 Å². The van der Waals surface area contributed by atoms with E-state index in [2.05, 4.69) is 5.32 Å². The number of carbonyl (C=O) groups excluding carboxylic acids is 2. The van der Waals surface area contributed by atoms with Crippen molar-refractivity contribution in [1.29, 1.82) is 0 Å². The molecule has 1 N–H and O–H groups in total. The molecule has 1 saturated heterocycles. The molecular weight excluding hydrogens is 330 g/mol. The van der Waals surface area contributed by atoms with Gasteiger partial charge in [0.05, 0.1) is 6.61 Å². The Kier molecular flexibility index (Phi) is 5.73. The number of hydrogen-bond acceptors (Lipinski definition) is 3. The number of hydrogen-bond donors (Lipinski definition) is 1. The number of nitrogens with one attached hydrogen (secondary N) is 1. The Morgan fingerprint density at radius 2 is 1.65 bits per heavy atom. The summed E-state index contributed by atoms with van der Waals surface area (Å²) >= 11 is 0. The minimum Gasteiger partial charge on any atom is -0.494 e. The molecule has 0 spiro atoms. The second-order valence-corrected chi connectivity index (χ2v) is 6.04. The smallest absolute Gasteiger partial charge is 0.321 e. The molecule has 1 heterocycles. The Labute approximate surface area is 153 Å². The molecule has 1 aliphatic heterocycles. The van der Waals surface area contributed by atoms with Crippen molar-refractivity contribution in [2.24, 2.45) is 0 Å². The summed E-state index contributed by atoms with van der Waals surface area (Å²) in [6.45, 7) is 4.57. The number of benzene rings is 2. The molecule has 0 aliphatic carbocycles. The van der Waals surface area contributed by atoms with E-state index in [4.69, 9.17) is 4.74 Å². The fourth-order valence-electron chi connectivity index (χ4n) is 2.91. The predicted molar refractivity (Wildman–Crippen MR) is 101 cm³/mol. The van der Waals surface area contributed by atoms with Gasteiger partial charge in [0, 0.05) is 43.5 Å². The number of nitrogens with zero attached hydrogens (tertiary/aromatic N) is 2. The van der Waals surface area contributed by atoms with Gasteiger partial charge in [-0.1, -0.05) is 24.3 Å². The molecule has 1 aliphatic rings. The summed E-state index contributed by atoms with van der Waals surface area (Å²) in [5, 5.41) is 2.89. The third-order valence-electron chi connectivity index (χ3n) is 4.27. The maximum absolute atomic E-state index is 12.5. The topological polar surface area (TPSA) is 61.9 Å². The molecule has 26 heavy (non-hydrogen) atoms. The second kappa shape index (κ2) is 8.38. The van der Waals surface area contributed by atoms with Crippen molar-refractivity contribution in [1.82, 2.24) is 9.80 Å². The van der Waals surface area contributed by atoms with Gasteiger partial charge in [-0.25, -0.2) is 4.79 Å². The van der Waals surface area contributed by atoms with Gasteiger partial charge in [0.15, 0.2) is 0 Å². The lowest BCUT2D eigenvalue weighted by Crippen LogP contribution is -2.51. The average Bonchev–Trinajstić information content (AvgIpc) is 2.69. The van der Waals surface area contributed by atoms with Gasteiger partial charge in [0.2, 0.25) is 0 Å². The number of amides is 3. The molecule has 136 valence electrons. The van der Waals surface area contributed by atoms with E-state index in [1.54, 1.807) is 15.9 Å². The Bertz CT molecular complexity index is 756. The minimum atomic E-state index is -0.162. The van der Waals surface area contributed by atoms with E-state index in [0.717, 1.165) is 5.75 Å². The number of carbonyl (C=O) groups is 2. The van der Waals surface area contributed by atoms with E-state index in [1.165, 1.54) is 0 Å². The number of rotatable bonds is 4. The zero-order valence-electron chi connectivity index (χ0n) is 14.9. The van der Waals surface area contributed by atoms with Gasteiger partial charge < -0.3 is 19.9 Å². The van der Waals surface area contributed by atoms with E-state index in [-0.39, 0.29) is 11.9 Å². The zero-order valence-corrected chi connectivity index (χ0v) is 14.9. The standard InChI is InChI=1S/C20H23N3O3/c1-2-26-18-10-6-9-17(15-18)21-20(25)23-13-11-22(12-14-23)19(24)16-7-4-3-5-8-16/h3-10,15H,2,11-14H2,1H3,(H,21,25). The first kappa shape index (κ1) is 17.8. The first-order valence-electron chi connectivity index (χ1n) is 8.80. The van der Waals surface area contributed by atoms with Gasteiger partial charge in [0.1, 0.15) is 5.75 Å². The van der Waals surface area contributed by atoms with Crippen molar-refractivity contribution < 1.29 is 14.3 Å². The third-order valence-corrected chi connectivity index (χ3v) is 4.27. The van der Waals surface area contributed by atoms with Crippen molar-refractivity contribution in [3.8, 4) is 5.75 Å². The lowest BCUT2D eigenvalue weighted by molar-refractivity contribution is 0.0671. The molecular formula is C20H23N3O3. The number of urea groups is 1. The van der Waals surface area contributed by atoms with Crippen molar-refractivity contribution in [2.75, 3.05) is 38.1 Å². The molecule has 3 rings (SSSR count). The normalized spacial score (nSPS) is 14.0. The number of ether oxygens (including phenoxy) is 1. The van der Waals surface area contributed by atoms with Crippen LogP contribution in [-0.2, 0) is 0 Å². The average molecular weight is 353 g/mol. The summed E-state index contributed by atoms with van der Waals surface area (Å²) in [7, 11) is 0. The molecule has 0 aromatic heterocycles. The Morgan fingerprint density at radius 1 is 0.962 bits per heavy atom. The fourth-order valence-corrected chi connectivity index (χ4v) is 2.91. The minimum absolute atomic E-state index is 0.00933. The first-order chi connectivity index (χ1) is 12.7. The van der Waals surface area contributed by atoms with Crippen LogP contribution in [0.3, 0.4) is 0 Å². The van der Waals surface area contributed by atoms with Crippen molar-refractivity contribution >= 4 is 17.6 Å². The first-order valence-corrected chi connectivity index (χ1v) is 8.80. The predicted octanol–water partition coefficient (Wildman–Crippen LogP) is 3.08. The van der Waals surface area contributed by atoms with Crippen LogP contribution in [0.5, 0.6) is 5.75 Å². The van der Waals surface area contributed by atoms with E-state index >= 15 is 0 Å². The van der Waals surface area contributed by atoms with Crippen molar-refractivity contribution in [3.05, 3.63) is 60.2 Å². The van der Waals surface area contributed by atoms with Crippen LogP contribution in [0.25, 0.3) is 0 Å². The highest BCUT2D eigenvalue weighted by molar-refractivity contribution is 5.94. The molecule has 1 fully saturated rings. The zero-order chi connectivity index (χ0) is 18.4. The molecule has 0 radical (unpaired) electrons. The van der Waals surface area contributed by atoms with Gasteiger partial charge in [-0.3, -0.25) is 4.79 Å². The maximum Gasteiger partial charge on any atom is 0.321 e. The van der Waals surface area contributed by atoms with E-state index in [1.807, 2.05) is 55.5 Å². The molecule has 6 nitrogen and oxygen atoms in total. The highest BCUT2D eigenvalue weighted by Crippen LogP contribution is 2.18. The van der Waals surface area contributed by atoms with Gasteiger partial charge in [0.25, 0.3) is 5.91 Å². The summed E-state index contributed by atoms with van der Waals surface area (Å²) in [6.07, 6.45) is 0. The van der Waals surface area contributed by atoms with Gasteiger partial charge >= 0.3 is 6.03 Å². The third kappa shape index (κ3) is 4.33. The summed E-state index contributed by atoms with van der Waals surface area (Å²) in [5.41, 5.74) is 1.38. The van der Waals surface area contributed by atoms with Crippen LogP contribution in [0.2, 0.25) is 0 Å². The largest absolute Gasteiger partial charge is 0.494 e. The van der Waals surface area contributed by atoms with Gasteiger partial charge in [-0.2, -0.15) is 0 Å². The Morgan fingerprint density at radius 3 is 2.35 bits per heavy atom. The summed E-state index contributed by atoms with van der Waals surface area (Å²) < 4.78 is 5.45. The number of piperazine rings is 1. The van der Waals surface area contributed by atoms with Crippen LogP contribution >= 0.6 is 0 Å². The van der Waals surface area contributed by atoms with Crippen LogP contribution in [0.4, 0.5) is 10.5 Å². The van der Waals surface area contributed by atoms with Crippen LogP contribution in [0.15, 0.2) is 54.6 Å². The van der Waals surface area contributed by atoms with E-state index in [9.17, 15) is 9.59 Å². The van der Waals surface area contributed by atoms with Crippen molar-refractivity contribution in [2.45, 2.75) is 6.92 Å². The van der Waals surface area contributed by atoms with E-state index < -0.39 is 0 Å². The highest BCUT2D eigenvalue weighted by atomic mass is 16.5.